The minimum Gasteiger partial charge on any atom is -0.247 e. The third-order valence-electron chi connectivity index (χ3n) is 2.28. The lowest BCUT2D eigenvalue weighted by Gasteiger charge is -2.05. The molecule has 0 spiro atoms. The van der Waals surface area contributed by atoms with E-state index >= 15 is 0 Å². The minimum absolute atomic E-state index is 0.119. The molecule has 0 fully saturated rings. The van der Waals surface area contributed by atoms with Gasteiger partial charge in [0.05, 0.1) is 6.54 Å². The van der Waals surface area contributed by atoms with E-state index < -0.39 is 0 Å². The molecular weight excluding hydrogens is 207 g/mol. The monoisotopic (exact) mass is 216 g/mol. The summed E-state index contributed by atoms with van der Waals surface area (Å²) in [5.41, 5.74) is 1.81. The average Bonchev–Trinajstić information content (AvgIpc) is 2.71. The highest BCUT2D eigenvalue weighted by molar-refractivity contribution is 5.26. The summed E-state index contributed by atoms with van der Waals surface area (Å²) < 4.78 is 14.5. The summed E-state index contributed by atoms with van der Waals surface area (Å²) in [4.78, 5) is 3.78. The Labute approximate surface area is 92.0 Å². The van der Waals surface area contributed by atoms with E-state index in [1.54, 1.807) is 6.07 Å². The van der Waals surface area contributed by atoms with Gasteiger partial charge in [0.25, 0.3) is 5.82 Å². The van der Waals surface area contributed by atoms with Gasteiger partial charge >= 0.3 is 0 Å². The molecule has 0 atom stereocenters. The minimum atomic E-state index is -0.277. The standard InChI is InChI=1S/C11H9FN4/c1-8-2-3-10(12)4-9(8)6-16-7-14-11(5-13)15-16/h2-4,7H,6H2,1H3. The third kappa shape index (κ3) is 2.06. The number of benzene rings is 1. The summed E-state index contributed by atoms with van der Waals surface area (Å²) >= 11 is 0. The molecule has 0 unspecified atom stereocenters. The zero-order valence-electron chi connectivity index (χ0n) is 8.68. The third-order valence-corrected chi connectivity index (χ3v) is 2.28. The summed E-state index contributed by atoms with van der Waals surface area (Å²) in [6.07, 6.45) is 1.46. The Morgan fingerprint density at radius 2 is 2.31 bits per heavy atom. The van der Waals surface area contributed by atoms with Gasteiger partial charge in [0.1, 0.15) is 18.2 Å². The number of halogens is 1. The van der Waals surface area contributed by atoms with Crippen LogP contribution in [0.2, 0.25) is 0 Å². The summed E-state index contributed by atoms with van der Waals surface area (Å²) in [7, 11) is 0. The summed E-state index contributed by atoms with van der Waals surface area (Å²) in [5, 5.41) is 12.5. The van der Waals surface area contributed by atoms with E-state index in [0.717, 1.165) is 11.1 Å². The average molecular weight is 216 g/mol. The molecule has 0 saturated heterocycles. The SMILES string of the molecule is Cc1ccc(F)cc1Cn1cnc(C#N)n1. The van der Waals surface area contributed by atoms with E-state index in [1.165, 1.54) is 23.1 Å². The maximum Gasteiger partial charge on any atom is 0.252 e. The molecule has 0 amide bonds. The fraction of sp³-hybridized carbons (Fsp3) is 0.182. The first-order chi connectivity index (χ1) is 7.69. The van der Waals surface area contributed by atoms with Gasteiger partial charge < -0.3 is 0 Å². The van der Waals surface area contributed by atoms with Crippen molar-refractivity contribution in [2.24, 2.45) is 0 Å². The molecule has 2 aromatic rings. The van der Waals surface area contributed by atoms with Gasteiger partial charge in [-0.05, 0) is 30.2 Å². The largest absolute Gasteiger partial charge is 0.252 e. The second-order valence-corrected chi connectivity index (χ2v) is 3.45. The van der Waals surface area contributed by atoms with E-state index in [2.05, 4.69) is 10.1 Å². The molecule has 1 heterocycles. The number of aromatic nitrogens is 3. The van der Waals surface area contributed by atoms with Crippen molar-refractivity contribution in [1.82, 2.24) is 14.8 Å². The van der Waals surface area contributed by atoms with Crippen LogP contribution in [0.4, 0.5) is 4.39 Å². The number of hydrogen-bond donors (Lipinski definition) is 0. The highest BCUT2D eigenvalue weighted by Gasteiger charge is 2.04. The molecule has 0 bridgehead atoms. The first-order valence-electron chi connectivity index (χ1n) is 4.73. The van der Waals surface area contributed by atoms with E-state index in [9.17, 15) is 4.39 Å². The van der Waals surface area contributed by atoms with Crippen molar-refractivity contribution in [2.45, 2.75) is 13.5 Å². The van der Waals surface area contributed by atoms with E-state index in [1.807, 2.05) is 13.0 Å². The number of nitriles is 1. The topological polar surface area (TPSA) is 54.5 Å². The molecular formula is C11H9FN4. The summed E-state index contributed by atoms with van der Waals surface area (Å²) in [5.74, 6) is -0.157. The predicted molar refractivity (Wildman–Crippen MR) is 55.0 cm³/mol. The lowest BCUT2D eigenvalue weighted by atomic mass is 10.1. The van der Waals surface area contributed by atoms with Crippen molar-refractivity contribution in [1.29, 1.82) is 5.26 Å². The molecule has 4 nitrogen and oxygen atoms in total. The van der Waals surface area contributed by atoms with Crippen molar-refractivity contribution >= 4 is 0 Å². The zero-order valence-corrected chi connectivity index (χ0v) is 8.68. The predicted octanol–water partition coefficient (Wildman–Crippen LogP) is 1.65. The summed E-state index contributed by atoms with van der Waals surface area (Å²) in [6.45, 7) is 2.31. The molecule has 0 radical (unpaired) electrons. The lowest BCUT2D eigenvalue weighted by molar-refractivity contribution is 0.617. The Bertz CT molecular complexity index is 553. The van der Waals surface area contributed by atoms with Crippen LogP contribution in [0.25, 0.3) is 0 Å². The van der Waals surface area contributed by atoms with Gasteiger partial charge in [-0.15, -0.1) is 5.10 Å². The maximum absolute atomic E-state index is 13.0. The van der Waals surface area contributed by atoms with E-state index in [-0.39, 0.29) is 11.6 Å². The molecule has 16 heavy (non-hydrogen) atoms. The van der Waals surface area contributed by atoms with Crippen LogP contribution >= 0.6 is 0 Å². The molecule has 0 aliphatic rings. The molecule has 1 aromatic heterocycles. The highest BCUT2D eigenvalue weighted by atomic mass is 19.1. The smallest absolute Gasteiger partial charge is 0.247 e. The van der Waals surface area contributed by atoms with Crippen molar-refractivity contribution in [3.8, 4) is 6.07 Å². The fourth-order valence-corrected chi connectivity index (χ4v) is 1.41. The Morgan fingerprint density at radius 3 is 3.00 bits per heavy atom. The van der Waals surface area contributed by atoms with Crippen LogP contribution in [0.5, 0.6) is 0 Å². The van der Waals surface area contributed by atoms with Crippen LogP contribution in [-0.4, -0.2) is 14.8 Å². The van der Waals surface area contributed by atoms with Crippen LogP contribution in [0, 0.1) is 24.1 Å². The van der Waals surface area contributed by atoms with E-state index in [0.29, 0.717) is 6.54 Å². The molecule has 2 rings (SSSR count). The molecule has 80 valence electrons. The van der Waals surface area contributed by atoms with Crippen molar-refractivity contribution in [2.75, 3.05) is 0 Å². The number of aryl methyl sites for hydroxylation is 1. The summed E-state index contributed by atoms with van der Waals surface area (Å²) in [6, 6.07) is 6.44. The van der Waals surface area contributed by atoms with Crippen molar-refractivity contribution < 1.29 is 4.39 Å². The highest BCUT2D eigenvalue weighted by Crippen LogP contribution is 2.11. The molecule has 5 heteroatoms. The van der Waals surface area contributed by atoms with Gasteiger partial charge in [0, 0.05) is 0 Å². The maximum atomic E-state index is 13.0. The Balaban J connectivity index is 2.27. The zero-order chi connectivity index (χ0) is 11.5. The van der Waals surface area contributed by atoms with Crippen LogP contribution in [-0.2, 0) is 6.54 Å². The van der Waals surface area contributed by atoms with Gasteiger partial charge in [0.2, 0.25) is 0 Å². The Kier molecular flexibility index (Phi) is 2.64. The second kappa shape index (κ2) is 4.11. The Hall–Kier alpha value is -2.22. The van der Waals surface area contributed by atoms with E-state index in [4.69, 9.17) is 5.26 Å². The second-order valence-electron chi connectivity index (χ2n) is 3.45. The van der Waals surface area contributed by atoms with Crippen LogP contribution in [0.1, 0.15) is 17.0 Å². The number of hydrogen-bond acceptors (Lipinski definition) is 3. The lowest BCUT2D eigenvalue weighted by Crippen LogP contribution is -2.02. The quantitative estimate of drug-likeness (QED) is 0.766. The first-order valence-corrected chi connectivity index (χ1v) is 4.73. The van der Waals surface area contributed by atoms with Crippen LogP contribution < -0.4 is 0 Å². The van der Waals surface area contributed by atoms with Gasteiger partial charge in [-0.25, -0.2) is 14.1 Å². The van der Waals surface area contributed by atoms with Gasteiger partial charge in [-0.2, -0.15) is 5.26 Å². The number of nitrogens with zero attached hydrogens (tertiary/aromatic N) is 4. The Morgan fingerprint density at radius 1 is 1.50 bits per heavy atom. The fourth-order valence-electron chi connectivity index (χ4n) is 1.41. The first kappa shape index (κ1) is 10.3. The van der Waals surface area contributed by atoms with Crippen LogP contribution in [0.15, 0.2) is 24.5 Å². The van der Waals surface area contributed by atoms with Crippen LogP contribution in [0.3, 0.4) is 0 Å². The van der Waals surface area contributed by atoms with Gasteiger partial charge in [-0.3, -0.25) is 0 Å². The van der Waals surface area contributed by atoms with Crippen molar-refractivity contribution in [3.05, 3.63) is 47.3 Å². The molecule has 0 N–H and O–H groups in total. The van der Waals surface area contributed by atoms with Gasteiger partial charge in [0.15, 0.2) is 0 Å². The molecule has 1 aromatic carbocycles. The van der Waals surface area contributed by atoms with Gasteiger partial charge in [-0.1, -0.05) is 6.07 Å². The molecule has 0 aliphatic heterocycles. The van der Waals surface area contributed by atoms with Crippen molar-refractivity contribution in [3.63, 3.8) is 0 Å². The number of rotatable bonds is 2. The molecule has 0 aliphatic carbocycles. The normalized spacial score (nSPS) is 10.1. The molecule has 0 saturated carbocycles.